The molecule has 0 unspecified atom stereocenters. The Morgan fingerprint density at radius 3 is 1.11 bits per heavy atom. The predicted octanol–water partition coefficient (Wildman–Crippen LogP) is 24.4. The minimum Gasteiger partial charge on any atom is -0.289 e. The lowest BCUT2D eigenvalue weighted by molar-refractivity contribution is 0.103. The van der Waals surface area contributed by atoms with Crippen LogP contribution in [0.4, 0.5) is 0 Å². The van der Waals surface area contributed by atoms with Gasteiger partial charge in [-0.05, 0) is 171 Å². The van der Waals surface area contributed by atoms with Crippen LogP contribution in [0.1, 0.15) is 239 Å². The predicted molar refractivity (Wildman–Crippen MR) is 417 cm³/mol. The lowest BCUT2D eigenvalue weighted by Gasteiger charge is -2.36. The van der Waals surface area contributed by atoms with Crippen LogP contribution < -0.4 is 0 Å². The first-order valence-electron chi connectivity index (χ1n) is 36.7. The van der Waals surface area contributed by atoms with Crippen molar-refractivity contribution < 1.29 is 9.59 Å². The maximum absolute atomic E-state index is 14.9. The molecule has 0 atom stereocenters. The third-order valence-electron chi connectivity index (χ3n) is 21.6. The summed E-state index contributed by atoms with van der Waals surface area (Å²) in [7, 11) is 0. The zero-order valence-electron chi connectivity index (χ0n) is 58.3. The Balaban J connectivity index is 1.06. The van der Waals surface area contributed by atoms with E-state index in [1.165, 1.54) is 126 Å². The number of nitrogens with zero attached hydrogens (tertiary/aromatic N) is 4. The molecule has 7 aromatic carbocycles. The highest BCUT2D eigenvalue weighted by Gasteiger charge is 2.54. The van der Waals surface area contributed by atoms with Gasteiger partial charge in [-0.15, -0.1) is 34.0 Å². The number of nitriles is 4. The molecular weight excluding hydrogens is 1290 g/mol. The Hall–Kier alpha value is -9.84. The molecule has 3 heterocycles. The fourth-order valence-corrected chi connectivity index (χ4v) is 20.5. The van der Waals surface area contributed by atoms with Gasteiger partial charge in [-0.2, -0.15) is 21.0 Å². The largest absolute Gasteiger partial charge is 0.289 e. The summed E-state index contributed by atoms with van der Waals surface area (Å²) in [5, 5.41) is 42.0. The molecular formula is C92H82N4O2S3. The van der Waals surface area contributed by atoms with Crippen molar-refractivity contribution in [2.45, 2.75) is 167 Å². The SMILES string of the molecule is CCCCCCc1ccc(C2(c3ccc(CCCCCC)cc3)c3cc4c(cc3-c3sc(/C=C5\C(=O)c6ccccc6C5=C(C#N)C#N)cc32)C(c2ccc(CCCCCC)cc2)(c2ccc(CCCCCC)cc2)c2c-4sc3cc(/C=C4\C(=O)c5ccccc5C4=C(C#N)C#N)sc23)cc1. The van der Waals surface area contributed by atoms with Crippen molar-refractivity contribution in [3.05, 3.63) is 291 Å². The van der Waals surface area contributed by atoms with Crippen molar-refractivity contribution >= 4 is 78.3 Å². The lowest BCUT2D eigenvalue weighted by atomic mass is 9.65. The van der Waals surface area contributed by atoms with Gasteiger partial charge in [0.2, 0.25) is 0 Å². The molecule has 4 aliphatic rings. The first kappa shape index (κ1) is 68.3. The maximum atomic E-state index is 14.9. The van der Waals surface area contributed by atoms with E-state index in [2.05, 4.69) is 173 Å². The van der Waals surface area contributed by atoms with Gasteiger partial charge in [0.15, 0.2) is 11.6 Å². The molecule has 0 N–H and O–H groups in total. The summed E-state index contributed by atoms with van der Waals surface area (Å²) in [6.07, 6.45) is 26.6. The Bertz CT molecular complexity index is 5040. The molecule has 10 aromatic rings. The number of aryl methyl sites for hydroxylation is 4. The van der Waals surface area contributed by atoms with E-state index in [1.54, 1.807) is 46.1 Å². The molecule has 0 saturated heterocycles. The molecule has 101 heavy (non-hydrogen) atoms. The summed E-state index contributed by atoms with van der Waals surface area (Å²) < 4.78 is 2.22. The molecule has 9 heteroatoms. The summed E-state index contributed by atoms with van der Waals surface area (Å²) in [6, 6.07) is 70.8. The summed E-state index contributed by atoms with van der Waals surface area (Å²) >= 11 is 5.15. The molecule has 0 spiro atoms. The molecule has 4 aliphatic carbocycles. The van der Waals surface area contributed by atoms with Gasteiger partial charge >= 0.3 is 0 Å². The van der Waals surface area contributed by atoms with Crippen molar-refractivity contribution in [1.82, 2.24) is 0 Å². The Kier molecular flexibility index (Phi) is 20.1. The van der Waals surface area contributed by atoms with Crippen LogP contribution in [0, 0.1) is 45.3 Å². The van der Waals surface area contributed by atoms with Gasteiger partial charge in [-0.3, -0.25) is 9.59 Å². The third-order valence-corrected chi connectivity index (χ3v) is 25.1. The Morgan fingerprint density at radius 2 is 0.723 bits per heavy atom. The first-order valence-corrected chi connectivity index (χ1v) is 39.1. The smallest absolute Gasteiger partial charge is 0.194 e. The molecule has 500 valence electrons. The topological polar surface area (TPSA) is 129 Å². The van der Waals surface area contributed by atoms with E-state index < -0.39 is 10.8 Å². The quantitative estimate of drug-likeness (QED) is 0.0302. The van der Waals surface area contributed by atoms with E-state index >= 15 is 0 Å². The summed E-state index contributed by atoms with van der Waals surface area (Å²) in [5.41, 5.74) is 18.5. The fourth-order valence-electron chi connectivity index (χ4n) is 16.6. The monoisotopic (exact) mass is 1370 g/mol. The van der Waals surface area contributed by atoms with E-state index in [-0.39, 0.29) is 22.7 Å². The number of Topliss-reactive ketones (excluding diaryl/α,β-unsaturated/α-hetero) is 2. The van der Waals surface area contributed by atoms with E-state index in [0.717, 1.165) is 109 Å². The van der Waals surface area contributed by atoms with Gasteiger partial charge in [0, 0.05) is 63.2 Å². The minimum absolute atomic E-state index is 0.0873. The number of benzene rings is 7. The number of rotatable bonds is 26. The highest BCUT2D eigenvalue weighted by Crippen LogP contribution is 2.67. The zero-order chi connectivity index (χ0) is 69.8. The van der Waals surface area contributed by atoms with Crippen LogP contribution in [0.2, 0.25) is 0 Å². The molecule has 0 aliphatic heterocycles. The lowest BCUT2D eigenvalue weighted by Crippen LogP contribution is -2.30. The number of ketones is 2. The van der Waals surface area contributed by atoms with E-state index in [9.17, 15) is 30.6 Å². The van der Waals surface area contributed by atoms with Crippen molar-refractivity contribution in [3.63, 3.8) is 0 Å². The summed E-state index contributed by atoms with van der Waals surface area (Å²) in [5.74, 6) is -0.410. The van der Waals surface area contributed by atoms with Gasteiger partial charge in [-0.25, -0.2) is 0 Å². The van der Waals surface area contributed by atoms with Gasteiger partial charge in [0.05, 0.1) is 15.5 Å². The van der Waals surface area contributed by atoms with E-state index in [0.29, 0.717) is 44.5 Å². The highest BCUT2D eigenvalue weighted by atomic mass is 32.1. The summed E-state index contributed by atoms with van der Waals surface area (Å²) in [6.45, 7) is 9.04. The maximum Gasteiger partial charge on any atom is 0.194 e. The third kappa shape index (κ3) is 12.1. The highest BCUT2D eigenvalue weighted by molar-refractivity contribution is 7.30. The second-order valence-corrected chi connectivity index (χ2v) is 31.0. The van der Waals surface area contributed by atoms with Crippen LogP contribution in [0.3, 0.4) is 0 Å². The van der Waals surface area contributed by atoms with Gasteiger partial charge in [-0.1, -0.05) is 250 Å². The van der Waals surface area contributed by atoms with Crippen LogP contribution in [0.25, 0.3) is 53.6 Å². The Morgan fingerprint density at radius 1 is 0.366 bits per heavy atom. The average molecular weight is 1370 g/mol. The van der Waals surface area contributed by atoms with Gasteiger partial charge in [0.25, 0.3) is 0 Å². The van der Waals surface area contributed by atoms with Crippen molar-refractivity contribution in [1.29, 1.82) is 21.0 Å². The molecule has 0 fully saturated rings. The van der Waals surface area contributed by atoms with Crippen molar-refractivity contribution in [2.75, 3.05) is 0 Å². The number of unbranched alkanes of at least 4 members (excludes halogenated alkanes) is 12. The minimum atomic E-state index is -0.868. The number of hydrogen-bond donors (Lipinski definition) is 0. The van der Waals surface area contributed by atoms with E-state index in [4.69, 9.17) is 0 Å². The zero-order valence-corrected chi connectivity index (χ0v) is 60.7. The molecule has 0 amide bonds. The molecule has 3 aromatic heterocycles. The number of thiophene rings is 3. The molecule has 14 rings (SSSR count). The number of carbonyl (C=O) groups excluding carboxylic acids is 2. The number of hydrogen-bond acceptors (Lipinski definition) is 9. The fraction of sp³-hybridized carbons (Fsp3) is 0.283. The number of carbonyl (C=O) groups is 2. The average Bonchev–Trinajstić information content (AvgIpc) is 1.50. The van der Waals surface area contributed by atoms with Gasteiger partial charge in [0.1, 0.15) is 35.4 Å². The standard InChI is InChI=1S/C92H82N4O2S3/c1-5-9-13-17-25-59-33-41-65(42-34-59)91(66-43-35-60(36-44-66)26-18-14-10-6-2)79-54-76-80(53-75(79)88-81(91)51-69(99-88)49-77-83(63(55-93)56-94)71-29-21-23-31-73(71)86(77)97)92(67-45-37-61(38-46-67)27-19-15-11-7-3,68-47-39-62(40-48-68)28-20-16-12-8-4)85-89(76)101-82-52-70(100-90(82)85)50-78-84(64(57-95)58-96)72-30-22-24-32-74(72)87(78)98/h21-24,29-54H,5-20,25-28H2,1-4H3/b77-49-,78-50-. The number of fused-ring (bicyclic) bond motifs is 10. The van der Waals surface area contributed by atoms with Crippen LogP contribution in [0.15, 0.2) is 192 Å². The first-order chi connectivity index (χ1) is 49.6. The van der Waals surface area contributed by atoms with Crippen LogP contribution >= 0.6 is 34.0 Å². The van der Waals surface area contributed by atoms with Gasteiger partial charge < -0.3 is 0 Å². The molecule has 6 nitrogen and oxygen atoms in total. The number of allylic oxidation sites excluding steroid dienone is 6. The summed E-state index contributed by atoms with van der Waals surface area (Å²) in [4.78, 5) is 33.5. The van der Waals surface area contributed by atoms with Crippen LogP contribution in [0.5, 0.6) is 0 Å². The molecule has 0 radical (unpaired) electrons. The molecule has 0 bridgehead atoms. The van der Waals surface area contributed by atoms with E-state index in [1.807, 2.05) is 48.6 Å². The second-order valence-electron chi connectivity index (χ2n) is 27.8. The van der Waals surface area contributed by atoms with Crippen LogP contribution in [-0.4, -0.2) is 11.6 Å². The normalized spacial score (nSPS) is 14.9. The Labute approximate surface area is 607 Å². The molecule has 0 saturated carbocycles. The van der Waals surface area contributed by atoms with Crippen molar-refractivity contribution in [3.8, 4) is 45.2 Å². The van der Waals surface area contributed by atoms with Crippen molar-refractivity contribution in [2.24, 2.45) is 0 Å². The second kappa shape index (κ2) is 29.8. The van der Waals surface area contributed by atoms with Crippen LogP contribution in [-0.2, 0) is 36.5 Å².